The summed E-state index contributed by atoms with van der Waals surface area (Å²) in [6.45, 7) is 3.63. The number of halogens is 1. The highest BCUT2D eigenvalue weighted by Gasteiger charge is 2.24. The van der Waals surface area contributed by atoms with Crippen LogP contribution in [0.4, 0.5) is 5.69 Å². The van der Waals surface area contributed by atoms with Gasteiger partial charge in [0.1, 0.15) is 4.47 Å². The minimum atomic E-state index is -0.481. The molecule has 0 radical (unpaired) electrons. The molecule has 0 N–H and O–H groups in total. The Kier molecular flexibility index (Phi) is 4.75. The van der Waals surface area contributed by atoms with Crippen LogP contribution in [-0.2, 0) is 0 Å². The smallest absolute Gasteiger partial charge is 0.284 e. The van der Waals surface area contributed by atoms with Gasteiger partial charge in [-0.2, -0.15) is 0 Å². The summed E-state index contributed by atoms with van der Waals surface area (Å²) in [7, 11) is 0. The zero-order chi connectivity index (χ0) is 14.7. The van der Waals surface area contributed by atoms with Gasteiger partial charge in [-0.3, -0.25) is 14.9 Å². The van der Waals surface area contributed by atoms with E-state index in [9.17, 15) is 14.9 Å². The molecule has 0 aliphatic carbocycles. The number of carbonyl (C=O) groups excluding carboxylic acids is 1. The third-order valence-corrected chi connectivity index (χ3v) is 4.54. The lowest BCUT2D eigenvalue weighted by Gasteiger charge is -2.21. The highest BCUT2D eigenvalue weighted by molar-refractivity contribution is 9.10. The maximum absolute atomic E-state index is 12.5. The van der Waals surface area contributed by atoms with Gasteiger partial charge >= 0.3 is 0 Å². The van der Waals surface area contributed by atoms with Crippen LogP contribution in [0.25, 0.3) is 0 Å². The van der Waals surface area contributed by atoms with Crippen LogP contribution in [0, 0.1) is 16.0 Å². The lowest BCUT2D eigenvalue weighted by atomic mass is 10.0. The Bertz CT molecular complexity index is 533. The Morgan fingerprint density at radius 3 is 2.85 bits per heavy atom. The van der Waals surface area contributed by atoms with Gasteiger partial charge in [0.25, 0.3) is 11.6 Å². The van der Waals surface area contributed by atoms with Crippen molar-refractivity contribution >= 4 is 27.5 Å². The van der Waals surface area contributed by atoms with Gasteiger partial charge in [0.05, 0.1) is 10.5 Å². The maximum atomic E-state index is 12.5. The molecular formula is C14H17BrN2O3. The zero-order valence-electron chi connectivity index (χ0n) is 11.3. The fraction of sp³-hybridized carbons (Fsp3) is 0.500. The molecule has 1 amide bonds. The molecule has 0 aromatic heterocycles. The number of rotatable bonds is 2. The molecule has 1 aromatic carbocycles. The fourth-order valence-electron chi connectivity index (χ4n) is 2.46. The first-order chi connectivity index (χ1) is 9.50. The first-order valence-corrected chi connectivity index (χ1v) is 7.52. The molecule has 1 atom stereocenters. The van der Waals surface area contributed by atoms with Crippen molar-refractivity contribution in [1.29, 1.82) is 0 Å². The number of benzene rings is 1. The van der Waals surface area contributed by atoms with Crippen LogP contribution in [0.15, 0.2) is 22.7 Å². The molecule has 0 spiro atoms. The third kappa shape index (κ3) is 3.17. The van der Waals surface area contributed by atoms with Crippen LogP contribution in [0.1, 0.15) is 36.5 Å². The molecule has 1 aromatic rings. The molecule has 20 heavy (non-hydrogen) atoms. The van der Waals surface area contributed by atoms with Crippen LogP contribution in [0.3, 0.4) is 0 Å². The van der Waals surface area contributed by atoms with Gasteiger partial charge in [0.2, 0.25) is 0 Å². The maximum Gasteiger partial charge on any atom is 0.284 e. The molecule has 2 rings (SSSR count). The van der Waals surface area contributed by atoms with Gasteiger partial charge in [-0.05, 0) is 47.2 Å². The van der Waals surface area contributed by atoms with Crippen molar-refractivity contribution in [3.63, 3.8) is 0 Å². The summed E-state index contributed by atoms with van der Waals surface area (Å²) in [5.41, 5.74) is 0.299. The summed E-state index contributed by atoms with van der Waals surface area (Å²) < 4.78 is 0.271. The SMILES string of the molecule is CC1CCCN(C(=O)c2cccc([N+](=O)[O-])c2Br)CC1. The number of hydrogen-bond donors (Lipinski definition) is 0. The number of carbonyl (C=O) groups is 1. The van der Waals surface area contributed by atoms with E-state index >= 15 is 0 Å². The molecule has 1 saturated heterocycles. The van der Waals surface area contributed by atoms with Gasteiger partial charge in [0.15, 0.2) is 0 Å². The van der Waals surface area contributed by atoms with E-state index in [2.05, 4.69) is 22.9 Å². The largest absolute Gasteiger partial charge is 0.339 e. The molecule has 108 valence electrons. The van der Waals surface area contributed by atoms with E-state index < -0.39 is 4.92 Å². The van der Waals surface area contributed by atoms with Gasteiger partial charge in [-0.1, -0.05) is 13.0 Å². The minimum absolute atomic E-state index is 0.0703. The van der Waals surface area contributed by atoms with Crippen LogP contribution in [0.2, 0.25) is 0 Å². The highest BCUT2D eigenvalue weighted by atomic mass is 79.9. The van der Waals surface area contributed by atoms with Gasteiger partial charge < -0.3 is 4.90 Å². The molecule has 1 aliphatic rings. The molecule has 1 unspecified atom stereocenters. The lowest BCUT2D eigenvalue weighted by molar-refractivity contribution is -0.385. The predicted molar refractivity (Wildman–Crippen MR) is 79.7 cm³/mol. The van der Waals surface area contributed by atoms with E-state index in [1.807, 2.05) is 0 Å². The Labute approximate surface area is 126 Å². The minimum Gasteiger partial charge on any atom is -0.339 e. The average molecular weight is 341 g/mol. The van der Waals surface area contributed by atoms with Crippen LogP contribution < -0.4 is 0 Å². The van der Waals surface area contributed by atoms with Gasteiger partial charge in [0, 0.05) is 19.2 Å². The normalized spacial score (nSPS) is 19.5. The Balaban J connectivity index is 2.25. The molecule has 1 aliphatic heterocycles. The van der Waals surface area contributed by atoms with Crippen molar-refractivity contribution in [2.24, 2.45) is 5.92 Å². The number of likely N-dealkylation sites (tertiary alicyclic amines) is 1. The number of nitrogens with zero attached hydrogens (tertiary/aromatic N) is 2. The highest BCUT2D eigenvalue weighted by Crippen LogP contribution is 2.29. The molecular weight excluding hydrogens is 324 g/mol. The Morgan fingerprint density at radius 1 is 1.40 bits per heavy atom. The molecule has 5 nitrogen and oxygen atoms in total. The van der Waals surface area contributed by atoms with Crippen LogP contribution in [0.5, 0.6) is 0 Å². The van der Waals surface area contributed by atoms with E-state index in [1.165, 1.54) is 6.07 Å². The van der Waals surface area contributed by atoms with E-state index in [0.29, 0.717) is 11.5 Å². The summed E-state index contributed by atoms with van der Waals surface area (Å²) in [4.78, 5) is 24.8. The van der Waals surface area contributed by atoms with E-state index in [0.717, 1.165) is 32.4 Å². The first kappa shape index (κ1) is 15.0. The Hall–Kier alpha value is -1.43. The second kappa shape index (κ2) is 6.35. The summed E-state index contributed by atoms with van der Waals surface area (Å²) in [6, 6.07) is 4.58. The van der Waals surface area contributed by atoms with Crippen molar-refractivity contribution in [3.05, 3.63) is 38.3 Å². The first-order valence-electron chi connectivity index (χ1n) is 6.73. The lowest BCUT2D eigenvalue weighted by Crippen LogP contribution is -2.32. The summed E-state index contributed by atoms with van der Waals surface area (Å²) >= 11 is 3.19. The van der Waals surface area contributed by atoms with Crippen molar-refractivity contribution in [2.45, 2.75) is 26.2 Å². The van der Waals surface area contributed by atoms with Crippen molar-refractivity contribution in [3.8, 4) is 0 Å². The van der Waals surface area contributed by atoms with Gasteiger partial charge in [-0.25, -0.2) is 0 Å². The predicted octanol–water partition coefficient (Wildman–Crippen LogP) is 3.62. The molecule has 0 bridgehead atoms. The molecule has 1 heterocycles. The zero-order valence-corrected chi connectivity index (χ0v) is 12.9. The quantitative estimate of drug-likeness (QED) is 0.610. The third-order valence-electron chi connectivity index (χ3n) is 3.71. The second-order valence-corrected chi connectivity index (χ2v) is 6.02. The van der Waals surface area contributed by atoms with Crippen LogP contribution >= 0.6 is 15.9 Å². The van der Waals surface area contributed by atoms with Crippen molar-refractivity contribution < 1.29 is 9.72 Å². The van der Waals surface area contributed by atoms with E-state index in [-0.39, 0.29) is 16.1 Å². The number of hydrogen-bond acceptors (Lipinski definition) is 3. The molecule has 1 fully saturated rings. The van der Waals surface area contributed by atoms with E-state index in [4.69, 9.17) is 0 Å². The topological polar surface area (TPSA) is 63.5 Å². The second-order valence-electron chi connectivity index (χ2n) is 5.22. The standard InChI is InChI=1S/C14H17BrN2O3/c1-10-4-3-8-16(9-7-10)14(18)11-5-2-6-12(13(11)15)17(19)20/h2,5-6,10H,3-4,7-9H2,1H3. The molecule has 6 heteroatoms. The number of amides is 1. The molecule has 0 saturated carbocycles. The van der Waals surface area contributed by atoms with Crippen molar-refractivity contribution in [2.75, 3.05) is 13.1 Å². The monoisotopic (exact) mass is 340 g/mol. The number of nitro groups is 1. The summed E-state index contributed by atoms with van der Waals surface area (Å²) in [5.74, 6) is 0.496. The van der Waals surface area contributed by atoms with E-state index in [1.54, 1.807) is 17.0 Å². The Morgan fingerprint density at radius 2 is 2.15 bits per heavy atom. The summed E-state index contributed by atoms with van der Waals surface area (Å²) in [5, 5.41) is 10.9. The van der Waals surface area contributed by atoms with Crippen LogP contribution in [-0.4, -0.2) is 28.8 Å². The fourth-order valence-corrected chi connectivity index (χ4v) is 3.04. The average Bonchev–Trinajstić information content (AvgIpc) is 2.63. The summed E-state index contributed by atoms with van der Waals surface area (Å²) in [6.07, 6.45) is 3.09. The van der Waals surface area contributed by atoms with Crippen molar-refractivity contribution in [1.82, 2.24) is 4.90 Å². The number of nitro benzene ring substituents is 1. The van der Waals surface area contributed by atoms with Gasteiger partial charge in [-0.15, -0.1) is 0 Å².